The first kappa shape index (κ1) is 26.1. The Morgan fingerprint density at radius 2 is 1.95 bits per heavy atom. The third kappa shape index (κ3) is 4.63. The number of hydrogen-bond acceptors (Lipinski definition) is 10. The summed E-state index contributed by atoms with van der Waals surface area (Å²) in [6.07, 6.45) is 1.58. The zero-order valence-corrected chi connectivity index (χ0v) is 22.5. The van der Waals surface area contributed by atoms with Gasteiger partial charge in [0.05, 0.1) is 18.6 Å². The van der Waals surface area contributed by atoms with E-state index in [2.05, 4.69) is 9.89 Å². The zero-order chi connectivity index (χ0) is 27.8. The molecule has 2 aliphatic rings. The molecule has 0 unspecified atom stereocenters. The molecule has 4 aromatic rings. The highest BCUT2D eigenvalue weighted by molar-refractivity contribution is 6.14. The van der Waals surface area contributed by atoms with E-state index in [1.807, 2.05) is 11.0 Å². The zero-order valence-electron chi connectivity index (χ0n) is 22.5. The Balaban J connectivity index is 1.15. The first-order valence-corrected chi connectivity index (χ1v) is 13.1. The van der Waals surface area contributed by atoms with Gasteiger partial charge < -0.3 is 18.8 Å². The molecule has 14 heteroatoms. The van der Waals surface area contributed by atoms with Gasteiger partial charge in [0.2, 0.25) is 5.78 Å². The number of hydrazine groups is 1. The number of hydrogen-bond donors (Lipinski definition) is 1. The number of anilines is 2. The molecule has 2 N–H and O–H groups in total. The van der Waals surface area contributed by atoms with Gasteiger partial charge in [0.1, 0.15) is 36.2 Å². The average Bonchev–Trinajstić information content (AvgIpc) is 3.68. The van der Waals surface area contributed by atoms with Crippen LogP contribution in [0, 0.1) is 5.82 Å². The maximum Gasteiger partial charge on any atom is 0.345 e. The van der Waals surface area contributed by atoms with Gasteiger partial charge in [-0.15, -0.1) is 0 Å². The first-order valence-electron chi connectivity index (χ1n) is 13.1. The Morgan fingerprint density at radius 1 is 1.12 bits per heavy atom. The molecule has 212 valence electrons. The van der Waals surface area contributed by atoms with Crippen molar-refractivity contribution in [3.63, 3.8) is 0 Å². The summed E-state index contributed by atoms with van der Waals surface area (Å²) in [4.78, 5) is 26.8. The van der Waals surface area contributed by atoms with E-state index in [-0.39, 0.29) is 18.2 Å². The number of aromatic nitrogens is 4. The largest absolute Gasteiger partial charge is 0.491 e. The van der Waals surface area contributed by atoms with Crippen LogP contribution in [0.4, 0.5) is 15.9 Å². The van der Waals surface area contributed by atoms with E-state index in [9.17, 15) is 9.18 Å². The van der Waals surface area contributed by atoms with Crippen molar-refractivity contribution in [2.45, 2.75) is 6.54 Å². The fourth-order valence-corrected chi connectivity index (χ4v) is 5.22. The second kappa shape index (κ2) is 10.8. The van der Waals surface area contributed by atoms with Crippen molar-refractivity contribution >= 4 is 23.0 Å². The monoisotopic (exact) mass is 553 g/mol. The minimum Gasteiger partial charge on any atom is -0.491 e. The summed E-state index contributed by atoms with van der Waals surface area (Å²) in [5.41, 5.74) is 1.58. The molecule has 0 spiro atoms. The number of fused-ring (bicyclic) bond motifs is 3. The number of ether oxygens (including phenoxy) is 2. The van der Waals surface area contributed by atoms with E-state index >= 15 is 0 Å². The van der Waals surface area contributed by atoms with Crippen LogP contribution in [0.1, 0.15) is 11.5 Å². The van der Waals surface area contributed by atoms with E-state index in [1.165, 1.54) is 15.8 Å². The van der Waals surface area contributed by atoms with E-state index in [0.29, 0.717) is 79.6 Å². The third-order valence-corrected chi connectivity index (χ3v) is 7.33. The topological polar surface area (TPSA) is 124 Å². The average molecular weight is 554 g/mol. The second-order valence-electron chi connectivity index (χ2n) is 9.73. The number of aryl methyl sites for hydroxylation is 1. The Kier molecular flexibility index (Phi) is 7.04. The lowest BCUT2D eigenvalue weighted by molar-refractivity contribution is 0.146. The summed E-state index contributed by atoms with van der Waals surface area (Å²) in [7, 11) is 3.29. The van der Waals surface area contributed by atoms with E-state index in [4.69, 9.17) is 24.7 Å². The molecular formula is C26H32FN9O4. The van der Waals surface area contributed by atoms with Crippen LogP contribution in [0.25, 0.3) is 5.78 Å². The standard InChI is InChI=1S/C26H32FN9O4/c1-31-26(37)34(25-30-24-23(36(25)31)22(29-17-35(24)28)21-4-3-13-40-21)12-9-32-7-10-33(11-8-32)20-6-5-18(16-19(20)27)39-15-14-38-2/h3-6,13,16H,7-12,14-15,17,28H2,1-2H3. The molecular weight excluding hydrogens is 521 g/mol. The number of piperazine rings is 1. The summed E-state index contributed by atoms with van der Waals surface area (Å²) in [5.74, 6) is 7.97. The van der Waals surface area contributed by atoms with Crippen molar-refractivity contribution in [1.29, 1.82) is 0 Å². The molecule has 0 radical (unpaired) electrons. The molecule has 0 atom stereocenters. The quantitative estimate of drug-likeness (QED) is 0.238. The number of halogens is 1. The molecule has 0 aliphatic carbocycles. The van der Waals surface area contributed by atoms with Crippen LogP contribution < -0.4 is 26.2 Å². The fraction of sp³-hybridized carbons (Fsp3) is 0.423. The minimum atomic E-state index is -0.309. The highest BCUT2D eigenvalue weighted by Gasteiger charge is 2.31. The summed E-state index contributed by atoms with van der Waals surface area (Å²) in [6.45, 7) is 4.94. The van der Waals surface area contributed by atoms with Gasteiger partial charge >= 0.3 is 5.69 Å². The van der Waals surface area contributed by atoms with Gasteiger partial charge in [-0.25, -0.2) is 24.2 Å². The smallest absolute Gasteiger partial charge is 0.345 e. The lowest BCUT2D eigenvalue weighted by atomic mass is 10.2. The molecule has 40 heavy (non-hydrogen) atoms. The van der Waals surface area contributed by atoms with Crippen LogP contribution in [0.3, 0.4) is 0 Å². The van der Waals surface area contributed by atoms with E-state index < -0.39 is 0 Å². The lowest BCUT2D eigenvalue weighted by Crippen LogP contribution is -2.47. The Hall–Kier alpha value is -4.14. The van der Waals surface area contributed by atoms with E-state index in [1.54, 1.807) is 47.7 Å². The molecule has 3 aromatic heterocycles. The van der Waals surface area contributed by atoms with Crippen molar-refractivity contribution in [2.75, 3.05) is 69.6 Å². The number of furan rings is 1. The van der Waals surface area contributed by atoms with Crippen molar-refractivity contribution < 1.29 is 18.3 Å². The summed E-state index contributed by atoms with van der Waals surface area (Å²) in [6, 6.07) is 8.56. The third-order valence-electron chi connectivity index (χ3n) is 7.33. The number of aliphatic imine (C=N–C) groups is 1. The molecule has 0 amide bonds. The predicted octanol–water partition coefficient (Wildman–Crippen LogP) is 0.903. The van der Waals surface area contributed by atoms with Gasteiger partial charge in [-0.1, -0.05) is 0 Å². The van der Waals surface area contributed by atoms with Crippen molar-refractivity contribution in [1.82, 2.24) is 23.6 Å². The highest BCUT2D eigenvalue weighted by atomic mass is 19.1. The maximum atomic E-state index is 14.8. The summed E-state index contributed by atoms with van der Waals surface area (Å²) in [5, 5.41) is 1.46. The maximum absolute atomic E-state index is 14.8. The molecule has 2 aliphatic heterocycles. The van der Waals surface area contributed by atoms with Crippen molar-refractivity contribution in [3.05, 3.63) is 64.4 Å². The van der Waals surface area contributed by atoms with Gasteiger partial charge in [0, 0.05) is 59.5 Å². The molecule has 0 bridgehead atoms. The molecule has 1 aromatic carbocycles. The summed E-state index contributed by atoms with van der Waals surface area (Å²) >= 11 is 0. The van der Waals surface area contributed by atoms with Crippen molar-refractivity contribution in [2.24, 2.45) is 17.9 Å². The number of nitrogens with two attached hydrogens (primary N) is 1. The number of nitrogens with zero attached hydrogens (tertiary/aromatic N) is 8. The van der Waals surface area contributed by atoms with Gasteiger partial charge in [-0.3, -0.25) is 19.5 Å². The molecule has 5 heterocycles. The highest BCUT2D eigenvalue weighted by Crippen LogP contribution is 2.27. The van der Waals surface area contributed by atoms with Crippen molar-refractivity contribution in [3.8, 4) is 5.75 Å². The Morgan fingerprint density at radius 3 is 2.67 bits per heavy atom. The molecule has 1 saturated heterocycles. The molecule has 1 fully saturated rings. The number of methoxy groups -OCH3 is 1. The number of benzene rings is 1. The van der Waals surface area contributed by atoms with Gasteiger partial charge in [0.15, 0.2) is 11.6 Å². The van der Waals surface area contributed by atoms with Crippen LogP contribution in [-0.4, -0.2) is 89.1 Å². The number of imidazole rings is 1. The molecule has 13 nitrogen and oxygen atoms in total. The fourth-order valence-electron chi connectivity index (χ4n) is 5.22. The lowest BCUT2D eigenvalue weighted by Gasteiger charge is -2.36. The Bertz CT molecular complexity index is 1580. The van der Waals surface area contributed by atoms with Crippen LogP contribution in [-0.2, 0) is 18.3 Å². The SMILES string of the molecule is COCCOc1ccc(N2CCN(CCn3c(=O)n(C)n4c5c(nc34)N(N)CN=C5c3ccco3)CC2)c(F)c1. The van der Waals surface area contributed by atoms with Gasteiger partial charge in [-0.05, 0) is 24.3 Å². The summed E-state index contributed by atoms with van der Waals surface area (Å²) < 4.78 is 35.8. The normalized spacial score (nSPS) is 16.1. The molecule has 0 saturated carbocycles. The first-order chi connectivity index (χ1) is 19.5. The van der Waals surface area contributed by atoms with E-state index in [0.717, 1.165) is 13.1 Å². The van der Waals surface area contributed by atoms with Crippen LogP contribution in [0.5, 0.6) is 5.75 Å². The Labute approximate surface area is 229 Å². The van der Waals surface area contributed by atoms with Crippen LogP contribution in [0.2, 0.25) is 0 Å². The van der Waals surface area contributed by atoms with Crippen LogP contribution >= 0.6 is 0 Å². The second-order valence-corrected chi connectivity index (χ2v) is 9.73. The van der Waals surface area contributed by atoms with Gasteiger partial charge in [-0.2, -0.15) is 4.98 Å². The molecule has 6 rings (SSSR count). The van der Waals surface area contributed by atoms with Gasteiger partial charge in [0.25, 0.3) is 0 Å². The minimum absolute atomic E-state index is 0.188. The number of rotatable bonds is 9. The van der Waals surface area contributed by atoms with Crippen LogP contribution in [0.15, 0.2) is 50.8 Å². The predicted molar refractivity (Wildman–Crippen MR) is 147 cm³/mol.